The summed E-state index contributed by atoms with van der Waals surface area (Å²) in [6, 6.07) is 6.64. The largest absolute Gasteiger partial charge is 0.464 e. The summed E-state index contributed by atoms with van der Waals surface area (Å²) < 4.78 is 5.84. The van der Waals surface area contributed by atoms with E-state index in [0.29, 0.717) is 0 Å². The van der Waals surface area contributed by atoms with Gasteiger partial charge in [-0.25, -0.2) is 4.79 Å². The van der Waals surface area contributed by atoms with Gasteiger partial charge in [0.1, 0.15) is 6.04 Å². The lowest BCUT2D eigenvalue weighted by Gasteiger charge is -2.16. The molecule has 0 radical (unpaired) electrons. The van der Waals surface area contributed by atoms with Crippen molar-refractivity contribution >= 4 is 27.6 Å². The first-order valence-electron chi connectivity index (χ1n) is 5.37. The summed E-state index contributed by atoms with van der Waals surface area (Å²) in [4.78, 5) is 14.3. The van der Waals surface area contributed by atoms with Gasteiger partial charge in [-0.3, -0.25) is 0 Å². The van der Waals surface area contributed by atoms with E-state index < -0.39 is 12.0 Å². The third-order valence-corrected chi connectivity index (χ3v) is 2.61. The fraction of sp³-hybridized carbons (Fsp3) is 0.364. The molecular weight excluding hydrogens is 300 g/mol. The van der Waals surface area contributed by atoms with Gasteiger partial charge in [0.15, 0.2) is 0 Å². The number of carbonyl (C=O) groups is 1. The van der Waals surface area contributed by atoms with Gasteiger partial charge in [0, 0.05) is 15.1 Å². The van der Waals surface area contributed by atoms with Crippen LogP contribution in [0.15, 0.2) is 33.9 Å². The number of carbonyl (C=O) groups excluding carboxylic acids is 1. The van der Waals surface area contributed by atoms with Crippen LogP contribution in [0.2, 0.25) is 0 Å². The molecule has 0 heterocycles. The van der Waals surface area contributed by atoms with Gasteiger partial charge in [0.05, 0.1) is 13.2 Å². The molecule has 18 heavy (non-hydrogen) atoms. The summed E-state index contributed by atoms with van der Waals surface area (Å²) in [6.45, 7) is 2.02. The second-order valence-electron chi connectivity index (χ2n) is 3.37. The summed E-state index contributed by atoms with van der Waals surface area (Å²) in [6.07, 6.45) is 0. The molecule has 0 saturated heterocycles. The maximum atomic E-state index is 11.6. The van der Waals surface area contributed by atoms with Crippen LogP contribution >= 0.6 is 15.9 Å². The van der Waals surface area contributed by atoms with Crippen LogP contribution in [-0.2, 0) is 9.53 Å². The van der Waals surface area contributed by atoms with Crippen LogP contribution in [-0.4, -0.2) is 25.2 Å². The van der Waals surface area contributed by atoms with Gasteiger partial charge in [0.25, 0.3) is 0 Å². The van der Waals surface area contributed by atoms with Gasteiger partial charge >= 0.3 is 5.97 Å². The molecule has 0 aromatic heterocycles. The predicted molar refractivity (Wildman–Crippen MR) is 72.2 cm³/mol. The lowest BCUT2D eigenvalue weighted by Crippen LogP contribution is -2.34. The number of benzene rings is 1. The molecule has 0 spiro atoms. The topological polar surface area (TPSA) is 87.1 Å². The molecule has 0 aliphatic rings. The average molecular weight is 313 g/mol. The molecular formula is C11H13BrN4O2. The highest BCUT2D eigenvalue weighted by Gasteiger charge is 2.18. The Bertz CT molecular complexity index is 443. The zero-order chi connectivity index (χ0) is 13.4. The van der Waals surface area contributed by atoms with Gasteiger partial charge in [-0.05, 0) is 36.7 Å². The molecule has 1 N–H and O–H groups in total. The SMILES string of the molecule is CCOC(=O)C(CN=[N+]=[N-])Nc1ccc(Br)cc1. The highest BCUT2D eigenvalue weighted by molar-refractivity contribution is 9.10. The second-order valence-corrected chi connectivity index (χ2v) is 4.28. The van der Waals surface area contributed by atoms with Crippen LogP contribution in [0.5, 0.6) is 0 Å². The van der Waals surface area contributed by atoms with E-state index in [-0.39, 0.29) is 13.2 Å². The number of halogens is 1. The van der Waals surface area contributed by atoms with Gasteiger partial charge < -0.3 is 10.1 Å². The maximum absolute atomic E-state index is 11.6. The highest BCUT2D eigenvalue weighted by atomic mass is 79.9. The van der Waals surface area contributed by atoms with Gasteiger partial charge in [-0.1, -0.05) is 21.0 Å². The number of rotatable bonds is 6. The standard InChI is InChI=1S/C11H13BrN4O2/c1-2-18-11(17)10(7-14-16-13)15-9-5-3-8(12)4-6-9/h3-6,10,15H,2,7H2,1H3. The van der Waals surface area contributed by atoms with E-state index in [1.807, 2.05) is 24.3 Å². The molecule has 0 aliphatic heterocycles. The van der Waals surface area contributed by atoms with E-state index in [4.69, 9.17) is 10.3 Å². The van der Waals surface area contributed by atoms with Crippen molar-refractivity contribution in [2.75, 3.05) is 18.5 Å². The Morgan fingerprint density at radius 2 is 2.22 bits per heavy atom. The summed E-state index contributed by atoms with van der Waals surface area (Å²) >= 11 is 3.32. The van der Waals surface area contributed by atoms with Gasteiger partial charge in [-0.15, -0.1) is 0 Å². The minimum absolute atomic E-state index is 0.00535. The molecule has 7 heteroatoms. The summed E-state index contributed by atoms with van der Waals surface area (Å²) in [5.74, 6) is -0.437. The number of nitrogens with zero attached hydrogens (tertiary/aromatic N) is 3. The van der Waals surface area contributed by atoms with Crippen molar-refractivity contribution in [2.45, 2.75) is 13.0 Å². The molecule has 1 unspecified atom stereocenters. The first-order valence-corrected chi connectivity index (χ1v) is 6.16. The monoisotopic (exact) mass is 312 g/mol. The van der Waals surface area contributed by atoms with Crippen LogP contribution in [0.25, 0.3) is 10.4 Å². The van der Waals surface area contributed by atoms with E-state index in [2.05, 4.69) is 31.3 Å². The molecule has 0 saturated carbocycles. The summed E-state index contributed by atoms with van der Waals surface area (Å²) in [7, 11) is 0. The minimum atomic E-state index is -0.679. The molecule has 1 aromatic rings. The fourth-order valence-electron chi connectivity index (χ4n) is 1.29. The number of hydrogen-bond donors (Lipinski definition) is 1. The minimum Gasteiger partial charge on any atom is -0.464 e. The fourth-order valence-corrected chi connectivity index (χ4v) is 1.55. The number of azide groups is 1. The Morgan fingerprint density at radius 1 is 1.56 bits per heavy atom. The first-order chi connectivity index (χ1) is 8.67. The van der Waals surface area contributed by atoms with E-state index in [0.717, 1.165) is 10.2 Å². The van der Waals surface area contributed by atoms with Crippen LogP contribution in [0, 0.1) is 0 Å². The van der Waals surface area contributed by atoms with Crippen LogP contribution < -0.4 is 5.32 Å². The smallest absolute Gasteiger partial charge is 0.328 e. The molecule has 1 atom stereocenters. The van der Waals surface area contributed by atoms with Crippen molar-refractivity contribution in [1.29, 1.82) is 0 Å². The van der Waals surface area contributed by atoms with Crippen LogP contribution in [0.1, 0.15) is 6.92 Å². The van der Waals surface area contributed by atoms with Gasteiger partial charge in [0.2, 0.25) is 0 Å². The van der Waals surface area contributed by atoms with Crippen LogP contribution in [0.3, 0.4) is 0 Å². The van der Waals surface area contributed by atoms with E-state index in [9.17, 15) is 4.79 Å². The molecule has 1 aromatic carbocycles. The molecule has 0 amide bonds. The maximum Gasteiger partial charge on any atom is 0.328 e. The first kappa shape index (κ1) is 14.3. The lowest BCUT2D eigenvalue weighted by molar-refractivity contribution is -0.143. The number of anilines is 1. The Kier molecular flexibility index (Phi) is 6.04. The van der Waals surface area contributed by atoms with Crippen molar-refractivity contribution in [3.8, 4) is 0 Å². The van der Waals surface area contributed by atoms with E-state index in [1.54, 1.807) is 6.92 Å². The quantitative estimate of drug-likeness (QED) is 0.379. The lowest BCUT2D eigenvalue weighted by atomic mass is 10.2. The molecule has 0 bridgehead atoms. The van der Waals surface area contributed by atoms with Crippen molar-refractivity contribution < 1.29 is 9.53 Å². The van der Waals surface area contributed by atoms with Gasteiger partial charge in [-0.2, -0.15) is 0 Å². The molecule has 1 rings (SSSR count). The van der Waals surface area contributed by atoms with Crippen molar-refractivity contribution in [3.63, 3.8) is 0 Å². The van der Waals surface area contributed by atoms with Crippen molar-refractivity contribution in [3.05, 3.63) is 39.2 Å². The summed E-state index contributed by atoms with van der Waals surface area (Å²) in [5, 5.41) is 6.36. The van der Waals surface area contributed by atoms with E-state index in [1.165, 1.54) is 0 Å². The second kappa shape index (κ2) is 7.58. The molecule has 96 valence electrons. The van der Waals surface area contributed by atoms with Crippen LogP contribution in [0.4, 0.5) is 5.69 Å². The number of esters is 1. The average Bonchev–Trinajstić information content (AvgIpc) is 2.37. The van der Waals surface area contributed by atoms with Crippen molar-refractivity contribution in [2.24, 2.45) is 5.11 Å². The third kappa shape index (κ3) is 4.65. The Morgan fingerprint density at radius 3 is 2.78 bits per heavy atom. The Hall–Kier alpha value is -1.72. The third-order valence-electron chi connectivity index (χ3n) is 2.08. The summed E-state index contributed by atoms with van der Waals surface area (Å²) in [5.41, 5.74) is 9.06. The molecule has 0 fully saturated rings. The number of ether oxygens (including phenoxy) is 1. The Balaban J connectivity index is 2.73. The number of hydrogen-bond acceptors (Lipinski definition) is 4. The van der Waals surface area contributed by atoms with Crippen molar-refractivity contribution in [1.82, 2.24) is 0 Å². The normalized spacial score (nSPS) is 11.2. The van der Waals surface area contributed by atoms with E-state index >= 15 is 0 Å². The zero-order valence-corrected chi connectivity index (χ0v) is 11.4. The molecule has 0 aliphatic carbocycles. The Labute approximate surface area is 113 Å². The number of nitrogens with one attached hydrogen (secondary N) is 1. The predicted octanol–water partition coefficient (Wildman–Crippen LogP) is 3.10. The zero-order valence-electron chi connectivity index (χ0n) is 9.84. The highest BCUT2D eigenvalue weighted by Crippen LogP contribution is 2.15. The molecule has 6 nitrogen and oxygen atoms in total.